The van der Waals surface area contributed by atoms with E-state index in [1.54, 1.807) is 11.3 Å². The third kappa shape index (κ3) is 2.40. The molecule has 0 bridgehead atoms. The summed E-state index contributed by atoms with van der Waals surface area (Å²) in [6.45, 7) is 4.37. The second kappa shape index (κ2) is 5.66. The normalized spacial score (nSPS) is 11.2. The fourth-order valence-corrected chi connectivity index (χ4v) is 4.21. The minimum absolute atomic E-state index is 1.12. The van der Waals surface area contributed by atoms with Crippen molar-refractivity contribution in [2.45, 2.75) is 26.7 Å². The van der Waals surface area contributed by atoms with Crippen LogP contribution in [0.3, 0.4) is 0 Å². The van der Waals surface area contributed by atoms with Crippen molar-refractivity contribution in [2.24, 2.45) is 0 Å². The number of benzene rings is 1. The first-order valence-electron chi connectivity index (χ1n) is 6.81. The molecular weight excluding hydrogens is 330 g/mol. The molecule has 102 valence electrons. The lowest BCUT2D eigenvalue weighted by atomic mass is 9.97. The molecule has 0 unspecified atom stereocenters. The van der Waals surface area contributed by atoms with E-state index in [0.717, 1.165) is 6.42 Å². The second-order valence-corrected chi connectivity index (χ2v) is 6.78. The van der Waals surface area contributed by atoms with Gasteiger partial charge in [-0.1, -0.05) is 13.3 Å². The average molecular weight is 346 g/mol. The lowest BCUT2D eigenvalue weighted by molar-refractivity contribution is 0.924. The SMILES string of the molecule is CCCc1cc(-c2cnccc2C)c2scc(Br)c2c1. The van der Waals surface area contributed by atoms with Crippen LogP contribution in [0, 0.1) is 6.92 Å². The number of halogens is 1. The summed E-state index contributed by atoms with van der Waals surface area (Å²) >= 11 is 5.47. The predicted molar refractivity (Wildman–Crippen MR) is 91.5 cm³/mol. The van der Waals surface area contributed by atoms with Gasteiger partial charge in [0.05, 0.1) is 0 Å². The number of fused-ring (bicyclic) bond motifs is 1. The van der Waals surface area contributed by atoms with E-state index >= 15 is 0 Å². The maximum absolute atomic E-state index is 4.30. The molecule has 0 aliphatic heterocycles. The van der Waals surface area contributed by atoms with Gasteiger partial charge in [-0.3, -0.25) is 4.98 Å². The molecule has 1 aromatic carbocycles. The zero-order chi connectivity index (χ0) is 14.1. The van der Waals surface area contributed by atoms with Gasteiger partial charge < -0.3 is 0 Å². The largest absolute Gasteiger partial charge is 0.264 e. The van der Waals surface area contributed by atoms with Crippen LogP contribution in [0.25, 0.3) is 21.2 Å². The molecule has 0 fully saturated rings. The standard InChI is InChI=1S/C17H16BrNS/c1-3-4-12-7-13(15-9-19-6-5-11(15)2)17-14(8-12)16(18)10-20-17/h5-10H,3-4H2,1-2H3. The van der Waals surface area contributed by atoms with E-state index in [-0.39, 0.29) is 0 Å². The highest BCUT2D eigenvalue weighted by molar-refractivity contribution is 9.10. The number of rotatable bonds is 3. The van der Waals surface area contributed by atoms with Crippen molar-refractivity contribution in [3.8, 4) is 11.1 Å². The Balaban J connectivity index is 2.31. The van der Waals surface area contributed by atoms with E-state index in [2.05, 4.69) is 58.3 Å². The van der Waals surface area contributed by atoms with Crippen molar-refractivity contribution in [1.82, 2.24) is 4.98 Å². The first kappa shape index (κ1) is 13.8. The fraction of sp³-hybridized carbons (Fsp3) is 0.235. The molecule has 0 saturated heterocycles. The molecule has 0 amide bonds. The number of hydrogen-bond donors (Lipinski definition) is 0. The van der Waals surface area contributed by atoms with Crippen LogP contribution in [0.5, 0.6) is 0 Å². The topological polar surface area (TPSA) is 12.9 Å². The number of thiophene rings is 1. The minimum atomic E-state index is 1.12. The molecule has 2 heterocycles. The fourth-order valence-electron chi connectivity index (χ4n) is 2.55. The molecule has 20 heavy (non-hydrogen) atoms. The van der Waals surface area contributed by atoms with Crippen LogP contribution in [-0.4, -0.2) is 4.98 Å². The number of aromatic nitrogens is 1. The minimum Gasteiger partial charge on any atom is -0.264 e. The Hall–Kier alpha value is -1.19. The first-order chi connectivity index (χ1) is 9.70. The van der Waals surface area contributed by atoms with Crippen molar-refractivity contribution in [1.29, 1.82) is 0 Å². The highest BCUT2D eigenvalue weighted by Crippen LogP contribution is 2.39. The van der Waals surface area contributed by atoms with Crippen LogP contribution < -0.4 is 0 Å². The monoisotopic (exact) mass is 345 g/mol. The molecule has 0 aliphatic carbocycles. The summed E-state index contributed by atoms with van der Waals surface area (Å²) in [5.41, 5.74) is 5.23. The van der Waals surface area contributed by atoms with Gasteiger partial charge in [0.2, 0.25) is 0 Å². The Bertz CT molecular complexity index is 761. The molecule has 0 N–H and O–H groups in total. The molecule has 0 aliphatic rings. The van der Waals surface area contributed by atoms with E-state index in [0.29, 0.717) is 0 Å². The van der Waals surface area contributed by atoms with Gasteiger partial charge in [0.1, 0.15) is 0 Å². The van der Waals surface area contributed by atoms with Crippen LogP contribution in [0.2, 0.25) is 0 Å². The van der Waals surface area contributed by atoms with Gasteiger partial charge in [0, 0.05) is 43.5 Å². The van der Waals surface area contributed by atoms with E-state index in [9.17, 15) is 0 Å². The third-order valence-corrected chi connectivity index (χ3v) is 5.54. The molecule has 2 aromatic heterocycles. The van der Waals surface area contributed by atoms with Crippen LogP contribution in [0.15, 0.2) is 40.4 Å². The van der Waals surface area contributed by atoms with Gasteiger partial charge in [-0.2, -0.15) is 0 Å². The number of hydrogen-bond acceptors (Lipinski definition) is 2. The van der Waals surface area contributed by atoms with Gasteiger partial charge in [0.15, 0.2) is 0 Å². The van der Waals surface area contributed by atoms with Crippen molar-refractivity contribution in [3.63, 3.8) is 0 Å². The maximum Gasteiger partial charge on any atom is 0.0433 e. The van der Waals surface area contributed by atoms with E-state index < -0.39 is 0 Å². The summed E-state index contributed by atoms with van der Waals surface area (Å²) < 4.78 is 2.53. The van der Waals surface area contributed by atoms with E-state index in [1.165, 1.54) is 43.2 Å². The lowest BCUT2D eigenvalue weighted by Crippen LogP contribution is -1.89. The smallest absolute Gasteiger partial charge is 0.0433 e. The highest BCUT2D eigenvalue weighted by Gasteiger charge is 2.12. The number of nitrogens with zero attached hydrogens (tertiary/aromatic N) is 1. The molecule has 0 radical (unpaired) electrons. The molecular formula is C17H16BrNS. The summed E-state index contributed by atoms with van der Waals surface area (Å²) in [4.78, 5) is 4.30. The molecule has 3 heteroatoms. The van der Waals surface area contributed by atoms with Gasteiger partial charge in [-0.05, 0) is 58.6 Å². The van der Waals surface area contributed by atoms with Gasteiger partial charge >= 0.3 is 0 Å². The molecule has 0 atom stereocenters. The van der Waals surface area contributed by atoms with Crippen molar-refractivity contribution in [3.05, 3.63) is 51.6 Å². The molecule has 0 saturated carbocycles. The van der Waals surface area contributed by atoms with Crippen LogP contribution in [0.1, 0.15) is 24.5 Å². The van der Waals surface area contributed by atoms with Crippen molar-refractivity contribution < 1.29 is 0 Å². The van der Waals surface area contributed by atoms with E-state index in [4.69, 9.17) is 0 Å². The Kier molecular flexibility index (Phi) is 3.90. The van der Waals surface area contributed by atoms with Crippen molar-refractivity contribution in [2.75, 3.05) is 0 Å². The second-order valence-electron chi connectivity index (χ2n) is 5.04. The maximum atomic E-state index is 4.30. The third-order valence-electron chi connectivity index (χ3n) is 3.55. The molecule has 1 nitrogen and oxygen atoms in total. The van der Waals surface area contributed by atoms with Gasteiger partial charge in [-0.25, -0.2) is 0 Å². The van der Waals surface area contributed by atoms with Crippen LogP contribution in [-0.2, 0) is 6.42 Å². The predicted octanol–water partition coefficient (Wildman–Crippen LogP) is 5.99. The van der Waals surface area contributed by atoms with Crippen molar-refractivity contribution >= 4 is 37.4 Å². The van der Waals surface area contributed by atoms with Crippen LogP contribution in [0.4, 0.5) is 0 Å². The van der Waals surface area contributed by atoms with E-state index in [1.807, 2.05) is 12.4 Å². The summed E-state index contributed by atoms with van der Waals surface area (Å²) in [5.74, 6) is 0. The zero-order valence-corrected chi connectivity index (χ0v) is 14.0. The summed E-state index contributed by atoms with van der Waals surface area (Å²) in [6.07, 6.45) is 6.12. The first-order valence-corrected chi connectivity index (χ1v) is 8.48. The Morgan fingerprint density at radius 2 is 2.10 bits per heavy atom. The average Bonchev–Trinajstić information content (AvgIpc) is 2.81. The van der Waals surface area contributed by atoms with Crippen LogP contribution >= 0.6 is 27.3 Å². The number of pyridine rings is 1. The Morgan fingerprint density at radius 3 is 2.85 bits per heavy atom. The summed E-state index contributed by atoms with van der Waals surface area (Å²) in [6, 6.07) is 6.73. The number of aryl methyl sites for hydroxylation is 2. The van der Waals surface area contributed by atoms with Gasteiger partial charge in [-0.15, -0.1) is 11.3 Å². The molecule has 3 rings (SSSR count). The zero-order valence-electron chi connectivity index (χ0n) is 11.6. The van der Waals surface area contributed by atoms with Gasteiger partial charge in [0.25, 0.3) is 0 Å². The lowest BCUT2D eigenvalue weighted by Gasteiger charge is -2.10. The Morgan fingerprint density at radius 1 is 1.25 bits per heavy atom. The Labute approximate surface area is 131 Å². The molecule has 0 spiro atoms. The molecule has 3 aromatic rings. The summed E-state index contributed by atoms with van der Waals surface area (Å²) in [7, 11) is 0. The quantitative estimate of drug-likeness (QED) is 0.568. The summed E-state index contributed by atoms with van der Waals surface area (Å²) in [5, 5.41) is 3.49. The highest BCUT2D eigenvalue weighted by atomic mass is 79.9.